The van der Waals surface area contributed by atoms with Gasteiger partial charge in [-0.25, -0.2) is 4.79 Å². The molecule has 2 unspecified atom stereocenters. The van der Waals surface area contributed by atoms with Gasteiger partial charge < -0.3 is 19.9 Å². The first-order chi connectivity index (χ1) is 9.93. The second-order valence-electron chi connectivity index (χ2n) is 4.40. The molecule has 2 N–H and O–H groups in total. The molecule has 0 spiro atoms. The molecule has 0 heterocycles. The minimum Gasteiger partial charge on any atom is -0.481 e. The Morgan fingerprint density at radius 3 is 2.71 bits per heavy atom. The number of hydrogen-bond donors (Lipinski definition) is 2. The maximum absolute atomic E-state index is 11.9. The Kier molecular flexibility index (Phi) is 6.98. The molecular formula is C14H18ClNO5. The number of halogens is 1. The van der Waals surface area contributed by atoms with Crippen molar-refractivity contribution in [2.75, 3.05) is 13.7 Å². The lowest BCUT2D eigenvalue weighted by molar-refractivity contribution is -0.143. The number of carboxylic acids is 1. The van der Waals surface area contributed by atoms with E-state index in [-0.39, 0.29) is 13.0 Å². The Bertz CT molecular complexity index is 494. The van der Waals surface area contributed by atoms with Crippen LogP contribution >= 0.6 is 11.6 Å². The molecule has 0 aliphatic heterocycles. The van der Waals surface area contributed by atoms with Crippen LogP contribution in [0.5, 0.6) is 5.75 Å². The molecule has 1 aromatic rings. The standard InChI is InChI=1S/C14H18ClNO5/c1-9(21-11-5-3-4-10(15)8-11)13(17)16-12(14(18)19)6-7-20-2/h3-5,8-9,12H,6-7H2,1-2H3,(H,16,17)(H,18,19). The van der Waals surface area contributed by atoms with Crippen LogP contribution in [0.3, 0.4) is 0 Å². The normalized spacial score (nSPS) is 13.3. The van der Waals surface area contributed by atoms with Gasteiger partial charge in [-0.05, 0) is 25.1 Å². The second-order valence-corrected chi connectivity index (χ2v) is 4.83. The van der Waals surface area contributed by atoms with Gasteiger partial charge in [0.05, 0.1) is 0 Å². The zero-order valence-corrected chi connectivity index (χ0v) is 12.6. The molecule has 2 atom stereocenters. The minimum absolute atomic E-state index is 0.182. The highest BCUT2D eigenvalue weighted by molar-refractivity contribution is 6.30. The predicted octanol–water partition coefficient (Wildman–Crippen LogP) is 1.71. The molecule has 6 nitrogen and oxygen atoms in total. The molecule has 1 aromatic carbocycles. The Morgan fingerprint density at radius 2 is 2.14 bits per heavy atom. The lowest BCUT2D eigenvalue weighted by Crippen LogP contribution is -2.46. The fourth-order valence-electron chi connectivity index (χ4n) is 1.58. The summed E-state index contributed by atoms with van der Waals surface area (Å²) < 4.78 is 10.2. The van der Waals surface area contributed by atoms with Crippen LogP contribution in [0.25, 0.3) is 0 Å². The molecular weight excluding hydrogens is 298 g/mol. The van der Waals surface area contributed by atoms with Crippen molar-refractivity contribution in [2.24, 2.45) is 0 Å². The third-order valence-corrected chi connectivity index (χ3v) is 2.94. The molecule has 0 aromatic heterocycles. The van der Waals surface area contributed by atoms with Crippen LogP contribution in [0.1, 0.15) is 13.3 Å². The molecule has 0 aliphatic carbocycles. The topological polar surface area (TPSA) is 84.9 Å². The van der Waals surface area contributed by atoms with Crippen molar-refractivity contribution in [1.82, 2.24) is 5.32 Å². The van der Waals surface area contributed by atoms with E-state index in [1.165, 1.54) is 14.0 Å². The molecule has 0 fully saturated rings. The summed E-state index contributed by atoms with van der Waals surface area (Å²) in [6.07, 6.45) is -0.658. The van der Waals surface area contributed by atoms with Gasteiger partial charge in [-0.2, -0.15) is 0 Å². The summed E-state index contributed by atoms with van der Waals surface area (Å²) in [5.74, 6) is -1.19. The number of ether oxygens (including phenoxy) is 2. The number of hydrogen-bond acceptors (Lipinski definition) is 4. The lowest BCUT2D eigenvalue weighted by atomic mass is 10.2. The molecule has 0 saturated heterocycles. The van der Waals surface area contributed by atoms with E-state index in [1.54, 1.807) is 24.3 Å². The van der Waals surface area contributed by atoms with Gasteiger partial charge in [0.15, 0.2) is 6.10 Å². The molecule has 1 rings (SSSR count). The molecule has 21 heavy (non-hydrogen) atoms. The largest absolute Gasteiger partial charge is 0.481 e. The smallest absolute Gasteiger partial charge is 0.326 e. The van der Waals surface area contributed by atoms with Crippen LogP contribution in [0.15, 0.2) is 24.3 Å². The SMILES string of the molecule is COCCC(NC(=O)C(C)Oc1cccc(Cl)c1)C(=O)O. The third-order valence-electron chi connectivity index (χ3n) is 2.70. The van der Waals surface area contributed by atoms with E-state index >= 15 is 0 Å². The van der Waals surface area contributed by atoms with Gasteiger partial charge in [0.25, 0.3) is 5.91 Å². The van der Waals surface area contributed by atoms with Gasteiger partial charge in [0.2, 0.25) is 0 Å². The number of aliphatic carboxylic acids is 1. The van der Waals surface area contributed by atoms with Crippen molar-refractivity contribution in [3.63, 3.8) is 0 Å². The van der Waals surface area contributed by atoms with Crippen molar-refractivity contribution in [3.05, 3.63) is 29.3 Å². The first-order valence-electron chi connectivity index (χ1n) is 6.38. The molecule has 116 valence electrons. The highest BCUT2D eigenvalue weighted by Crippen LogP contribution is 2.18. The molecule has 0 aliphatic rings. The van der Waals surface area contributed by atoms with Crippen LogP contribution in [-0.4, -0.2) is 42.8 Å². The van der Waals surface area contributed by atoms with E-state index in [0.717, 1.165) is 0 Å². The Labute approximate surface area is 128 Å². The van der Waals surface area contributed by atoms with Crippen molar-refractivity contribution < 1.29 is 24.2 Å². The molecule has 0 saturated carbocycles. The van der Waals surface area contributed by atoms with Gasteiger partial charge in [0.1, 0.15) is 11.8 Å². The van der Waals surface area contributed by atoms with E-state index in [4.69, 9.17) is 26.2 Å². The number of benzene rings is 1. The van der Waals surface area contributed by atoms with Gasteiger partial charge in [-0.1, -0.05) is 17.7 Å². The Hall–Kier alpha value is -1.79. The summed E-state index contributed by atoms with van der Waals surface area (Å²) in [5.41, 5.74) is 0. The van der Waals surface area contributed by atoms with Gasteiger partial charge in [-0.3, -0.25) is 4.79 Å². The zero-order valence-electron chi connectivity index (χ0n) is 11.8. The maximum atomic E-state index is 11.9. The third kappa shape index (κ3) is 6.01. The fraction of sp³-hybridized carbons (Fsp3) is 0.429. The van der Waals surface area contributed by atoms with Crippen molar-refractivity contribution in [3.8, 4) is 5.75 Å². The molecule has 1 amide bonds. The summed E-state index contributed by atoms with van der Waals surface area (Å²) in [5, 5.41) is 11.9. The zero-order chi connectivity index (χ0) is 15.8. The summed E-state index contributed by atoms with van der Waals surface area (Å²) in [7, 11) is 1.46. The fourth-order valence-corrected chi connectivity index (χ4v) is 1.76. The van der Waals surface area contributed by atoms with E-state index in [9.17, 15) is 9.59 Å². The monoisotopic (exact) mass is 315 g/mol. The average Bonchev–Trinajstić information content (AvgIpc) is 2.42. The van der Waals surface area contributed by atoms with Gasteiger partial charge in [-0.15, -0.1) is 0 Å². The minimum atomic E-state index is -1.12. The molecule has 0 bridgehead atoms. The van der Waals surface area contributed by atoms with Crippen molar-refractivity contribution in [2.45, 2.75) is 25.5 Å². The van der Waals surface area contributed by atoms with E-state index in [0.29, 0.717) is 10.8 Å². The number of rotatable bonds is 8. The number of nitrogens with one attached hydrogen (secondary N) is 1. The first-order valence-corrected chi connectivity index (χ1v) is 6.76. The van der Waals surface area contributed by atoms with E-state index < -0.39 is 24.0 Å². The maximum Gasteiger partial charge on any atom is 0.326 e. The number of methoxy groups -OCH3 is 1. The van der Waals surface area contributed by atoms with Gasteiger partial charge in [0, 0.05) is 25.2 Å². The highest BCUT2D eigenvalue weighted by atomic mass is 35.5. The van der Waals surface area contributed by atoms with Crippen LogP contribution in [0.4, 0.5) is 0 Å². The lowest BCUT2D eigenvalue weighted by Gasteiger charge is -2.18. The van der Waals surface area contributed by atoms with E-state index in [1.807, 2.05) is 0 Å². The number of carbonyl (C=O) groups is 2. The van der Waals surface area contributed by atoms with E-state index in [2.05, 4.69) is 5.32 Å². The second kappa shape index (κ2) is 8.49. The van der Waals surface area contributed by atoms with Crippen molar-refractivity contribution in [1.29, 1.82) is 0 Å². The Balaban J connectivity index is 2.58. The summed E-state index contributed by atoms with van der Waals surface area (Å²) >= 11 is 5.82. The molecule has 7 heteroatoms. The summed E-state index contributed by atoms with van der Waals surface area (Å²) in [4.78, 5) is 23.0. The highest BCUT2D eigenvalue weighted by Gasteiger charge is 2.23. The first kappa shape index (κ1) is 17.3. The van der Waals surface area contributed by atoms with Crippen LogP contribution in [0.2, 0.25) is 5.02 Å². The number of amides is 1. The number of carbonyl (C=O) groups excluding carboxylic acids is 1. The summed E-state index contributed by atoms with van der Waals surface area (Å²) in [6.45, 7) is 1.77. The van der Waals surface area contributed by atoms with Gasteiger partial charge >= 0.3 is 5.97 Å². The molecule has 0 radical (unpaired) electrons. The van der Waals surface area contributed by atoms with Crippen LogP contribution in [0, 0.1) is 0 Å². The van der Waals surface area contributed by atoms with Crippen LogP contribution < -0.4 is 10.1 Å². The predicted molar refractivity (Wildman–Crippen MR) is 77.6 cm³/mol. The van der Waals surface area contributed by atoms with Crippen LogP contribution in [-0.2, 0) is 14.3 Å². The summed E-state index contributed by atoms with van der Waals surface area (Å²) in [6, 6.07) is 5.61. The quantitative estimate of drug-likeness (QED) is 0.763. The number of carboxylic acid groups (broad SMARTS) is 1. The Morgan fingerprint density at radius 1 is 1.43 bits per heavy atom. The average molecular weight is 316 g/mol. The van der Waals surface area contributed by atoms with Crippen molar-refractivity contribution >= 4 is 23.5 Å².